The molecule has 0 saturated heterocycles. The number of aliphatic hydroxyl groups is 1. The van der Waals surface area contributed by atoms with Crippen molar-refractivity contribution in [1.82, 2.24) is 9.55 Å². The molecule has 3 unspecified atom stereocenters. The number of hydrogen-bond acceptors (Lipinski definition) is 2. The standard InChI is InChI=1S/C14H24N2O/c1-4-16-8-7-15-13(16)10-14(17)6-5-11(2)9-12(14)3/h7-8,11-12,17H,4-6,9-10H2,1-3H3. The lowest BCUT2D eigenvalue weighted by atomic mass is 9.70. The third-order valence-electron chi connectivity index (χ3n) is 4.35. The normalized spacial score (nSPS) is 33.9. The van der Waals surface area contributed by atoms with E-state index in [1.54, 1.807) is 0 Å². The topological polar surface area (TPSA) is 38.0 Å². The number of imidazole rings is 1. The third kappa shape index (κ3) is 2.54. The number of nitrogens with zero attached hydrogens (tertiary/aromatic N) is 2. The van der Waals surface area contributed by atoms with Crippen molar-refractivity contribution in [1.29, 1.82) is 0 Å². The van der Waals surface area contributed by atoms with Crippen LogP contribution in [0.3, 0.4) is 0 Å². The Labute approximate surface area is 104 Å². The molecule has 0 aromatic carbocycles. The van der Waals surface area contributed by atoms with Crippen molar-refractivity contribution in [3.63, 3.8) is 0 Å². The fourth-order valence-electron chi connectivity index (χ4n) is 3.02. The van der Waals surface area contributed by atoms with Crippen molar-refractivity contribution in [2.75, 3.05) is 0 Å². The van der Waals surface area contributed by atoms with E-state index in [0.29, 0.717) is 12.3 Å². The molecule has 1 saturated carbocycles. The molecular formula is C14H24N2O. The number of hydrogen-bond donors (Lipinski definition) is 1. The average Bonchev–Trinajstić information content (AvgIpc) is 2.72. The van der Waals surface area contributed by atoms with E-state index in [1.807, 2.05) is 12.4 Å². The van der Waals surface area contributed by atoms with Gasteiger partial charge in [-0.1, -0.05) is 13.8 Å². The molecule has 1 aromatic rings. The fourth-order valence-corrected chi connectivity index (χ4v) is 3.02. The van der Waals surface area contributed by atoms with Gasteiger partial charge in [-0.05, 0) is 38.0 Å². The molecule has 0 radical (unpaired) electrons. The fraction of sp³-hybridized carbons (Fsp3) is 0.786. The molecule has 1 aromatic heterocycles. The third-order valence-corrected chi connectivity index (χ3v) is 4.35. The highest BCUT2D eigenvalue weighted by Crippen LogP contribution is 2.38. The molecule has 1 aliphatic rings. The highest BCUT2D eigenvalue weighted by atomic mass is 16.3. The van der Waals surface area contributed by atoms with E-state index in [-0.39, 0.29) is 0 Å². The minimum atomic E-state index is -0.551. The number of aromatic nitrogens is 2. The molecule has 0 aliphatic heterocycles. The van der Waals surface area contributed by atoms with Gasteiger partial charge in [0.25, 0.3) is 0 Å². The van der Waals surface area contributed by atoms with E-state index in [0.717, 1.165) is 37.5 Å². The van der Waals surface area contributed by atoms with Crippen molar-refractivity contribution in [3.8, 4) is 0 Å². The molecule has 17 heavy (non-hydrogen) atoms. The van der Waals surface area contributed by atoms with Crippen LogP contribution in [-0.2, 0) is 13.0 Å². The smallest absolute Gasteiger partial charge is 0.111 e. The second-order valence-corrected chi connectivity index (χ2v) is 5.69. The molecule has 1 N–H and O–H groups in total. The molecule has 96 valence electrons. The number of aryl methyl sites for hydroxylation is 1. The molecule has 0 spiro atoms. The molecule has 2 rings (SSSR count). The van der Waals surface area contributed by atoms with Gasteiger partial charge in [-0.15, -0.1) is 0 Å². The molecule has 3 nitrogen and oxygen atoms in total. The van der Waals surface area contributed by atoms with Crippen LogP contribution >= 0.6 is 0 Å². The van der Waals surface area contributed by atoms with Gasteiger partial charge in [0.2, 0.25) is 0 Å². The number of rotatable bonds is 3. The summed E-state index contributed by atoms with van der Waals surface area (Å²) >= 11 is 0. The maximum atomic E-state index is 10.8. The zero-order chi connectivity index (χ0) is 12.5. The maximum absolute atomic E-state index is 10.8. The van der Waals surface area contributed by atoms with Crippen molar-refractivity contribution in [3.05, 3.63) is 18.2 Å². The maximum Gasteiger partial charge on any atom is 0.111 e. The Balaban J connectivity index is 2.11. The first kappa shape index (κ1) is 12.6. The molecule has 1 fully saturated rings. The SMILES string of the molecule is CCn1ccnc1CC1(O)CCC(C)CC1C. The van der Waals surface area contributed by atoms with Crippen LogP contribution in [0.25, 0.3) is 0 Å². The Kier molecular flexibility index (Phi) is 3.57. The average molecular weight is 236 g/mol. The van der Waals surface area contributed by atoms with Crippen molar-refractivity contribution >= 4 is 0 Å². The van der Waals surface area contributed by atoms with Gasteiger partial charge in [0.05, 0.1) is 5.60 Å². The van der Waals surface area contributed by atoms with Gasteiger partial charge in [-0.25, -0.2) is 4.98 Å². The monoisotopic (exact) mass is 236 g/mol. The lowest BCUT2D eigenvalue weighted by Crippen LogP contribution is -2.43. The molecular weight excluding hydrogens is 212 g/mol. The molecule has 1 aliphatic carbocycles. The second kappa shape index (κ2) is 4.81. The summed E-state index contributed by atoms with van der Waals surface area (Å²) in [6.07, 6.45) is 7.69. The quantitative estimate of drug-likeness (QED) is 0.876. The summed E-state index contributed by atoms with van der Waals surface area (Å²) in [6.45, 7) is 7.50. The molecule has 1 heterocycles. The van der Waals surface area contributed by atoms with Crippen LogP contribution in [0, 0.1) is 11.8 Å². The minimum Gasteiger partial charge on any atom is -0.389 e. The van der Waals surface area contributed by atoms with E-state index in [2.05, 4.69) is 30.3 Å². The lowest BCUT2D eigenvalue weighted by Gasteiger charge is -2.40. The Hall–Kier alpha value is -0.830. The molecule has 3 heteroatoms. The van der Waals surface area contributed by atoms with E-state index >= 15 is 0 Å². The van der Waals surface area contributed by atoms with E-state index in [1.165, 1.54) is 0 Å². The Bertz CT molecular complexity index is 374. The van der Waals surface area contributed by atoms with Crippen LogP contribution < -0.4 is 0 Å². The Morgan fingerprint density at radius 3 is 2.94 bits per heavy atom. The van der Waals surface area contributed by atoms with Crippen molar-refractivity contribution in [2.45, 2.75) is 58.6 Å². The van der Waals surface area contributed by atoms with Gasteiger partial charge in [0, 0.05) is 25.4 Å². The van der Waals surface area contributed by atoms with Gasteiger partial charge in [-0.2, -0.15) is 0 Å². The van der Waals surface area contributed by atoms with Gasteiger partial charge in [-0.3, -0.25) is 0 Å². The summed E-state index contributed by atoms with van der Waals surface area (Å²) < 4.78 is 2.13. The van der Waals surface area contributed by atoms with Crippen LogP contribution in [-0.4, -0.2) is 20.3 Å². The molecule has 3 atom stereocenters. The van der Waals surface area contributed by atoms with Gasteiger partial charge >= 0.3 is 0 Å². The van der Waals surface area contributed by atoms with Crippen molar-refractivity contribution in [2.24, 2.45) is 11.8 Å². The summed E-state index contributed by atoms with van der Waals surface area (Å²) in [5.41, 5.74) is -0.551. The largest absolute Gasteiger partial charge is 0.389 e. The first-order valence-corrected chi connectivity index (χ1v) is 6.77. The Morgan fingerprint density at radius 1 is 1.53 bits per heavy atom. The highest BCUT2D eigenvalue weighted by molar-refractivity contribution is 5.02. The van der Waals surface area contributed by atoms with Gasteiger partial charge in [0.1, 0.15) is 5.82 Å². The Morgan fingerprint density at radius 2 is 2.29 bits per heavy atom. The van der Waals surface area contributed by atoms with Gasteiger partial charge < -0.3 is 9.67 Å². The van der Waals surface area contributed by atoms with Crippen LogP contribution in [0.2, 0.25) is 0 Å². The van der Waals surface area contributed by atoms with E-state index in [9.17, 15) is 5.11 Å². The molecule has 0 amide bonds. The molecule has 0 bridgehead atoms. The summed E-state index contributed by atoms with van der Waals surface area (Å²) in [6, 6.07) is 0. The van der Waals surface area contributed by atoms with E-state index in [4.69, 9.17) is 0 Å². The zero-order valence-electron chi connectivity index (χ0n) is 11.2. The summed E-state index contributed by atoms with van der Waals surface area (Å²) in [4.78, 5) is 4.38. The summed E-state index contributed by atoms with van der Waals surface area (Å²) in [5.74, 6) is 2.14. The minimum absolute atomic E-state index is 0.369. The first-order chi connectivity index (χ1) is 8.05. The van der Waals surface area contributed by atoms with Crippen LogP contribution in [0.5, 0.6) is 0 Å². The summed E-state index contributed by atoms with van der Waals surface area (Å²) in [5, 5.41) is 10.8. The first-order valence-electron chi connectivity index (χ1n) is 6.77. The van der Waals surface area contributed by atoms with Crippen LogP contribution in [0.15, 0.2) is 12.4 Å². The summed E-state index contributed by atoms with van der Waals surface area (Å²) in [7, 11) is 0. The predicted octanol–water partition coefficient (Wildman–Crippen LogP) is 2.63. The van der Waals surface area contributed by atoms with Crippen LogP contribution in [0.4, 0.5) is 0 Å². The highest BCUT2D eigenvalue weighted by Gasteiger charge is 2.39. The zero-order valence-corrected chi connectivity index (χ0v) is 11.2. The predicted molar refractivity (Wildman–Crippen MR) is 68.7 cm³/mol. The van der Waals surface area contributed by atoms with Crippen LogP contribution in [0.1, 0.15) is 45.9 Å². The van der Waals surface area contributed by atoms with E-state index < -0.39 is 5.60 Å². The lowest BCUT2D eigenvalue weighted by molar-refractivity contribution is -0.0540. The van der Waals surface area contributed by atoms with Crippen molar-refractivity contribution < 1.29 is 5.11 Å². The van der Waals surface area contributed by atoms with Gasteiger partial charge in [0.15, 0.2) is 0 Å². The second-order valence-electron chi connectivity index (χ2n) is 5.69.